The molecule has 0 bridgehead atoms. The van der Waals surface area contributed by atoms with Gasteiger partial charge in [0.15, 0.2) is 11.5 Å². The Bertz CT molecular complexity index is 978. The molecule has 0 amide bonds. The Morgan fingerprint density at radius 3 is 2.30 bits per heavy atom. The van der Waals surface area contributed by atoms with E-state index in [4.69, 9.17) is 37.4 Å². The molecular formula is C24H25Cl2NO3. The molecular weight excluding hydrogens is 421 g/mol. The van der Waals surface area contributed by atoms with E-state index in [1.807, 2.05) is 55.5 Å². The van der Waals surface area contributed by atoms with E-state index in [2.05, 4.69) is 5.32 Å². The van der Waals surface area contributed by atoms with Gasteiger partial charge >= 0.3 is 0 Å². The summed E-state index contributed by atoms with van der Waals surface area (Å²) in [5.74, 6) is 2.28. The van der Waals surface area contributed by atoms with Gasteiger partial charge in [-0.3, -0.25) is 0 Å². The van der Waals surface area contributed by atoms with Gasteiger partial charge in [0.2, 0.25) is 0 Å². The van der Waals surface area contributed by atoms with Crippen LogP contribution in [0.15, 0.2) is 60.7 Å². The van der Waals surface area contributed by atoms with Gasteiger partial charge in [-0.15, -0.1) is 0 Å². The van der Waals surface area contributed by atoms with Crippen molar-refractivity contribution in [2.45, 2.75) is 26.6 Å². The second kappa shape index (κ2) is 11.1. The van der Waals surface area contributed by atoms with Crippen molar-refractivity contribution in [3.05, 3.63) is 87.4 Å². The number of rotatable bonds is 10. The number of methoxy groups -OCH3 is 1. The minimum Gasteiger partial charge on any atom is -0.496 e. The summed E-state index contributed by atoms with van der Waals surface area (Å²) in [4.78, 5) is 0. The van der Waals surface area contributed by atoms with Crippen molar-refractivity contribution in [1.82, 2.24) is 5.32 Å². The van der Waals surface area contributed by atoms with Gasteiger partial charge in [0, 0.05) is 39.8 Å². The predicted molar refractivity (Wildman–Crippen MR) is 122 cm³/mol. The first-order valence-corrected chi connectivity index (χ1v) is 10.5. The zero-order chi connectivity index (χ0) is 21.3. The van der Waals surface area contributed by atoms with Gasteiger partial charge in [0.25, 0.3) is 0 Å². The zero-order valence-electron chi connectivity index (χ0n) is 17.1. The molecule has 3 aromatic rings. The van der Waals surface area contributed by atoms with Crippen LogP contribution < -0.4 is 19.5 Å². The smallest absolute Gasteiger partial charge is 0.166 e. The molecule has 0 aromatic heterocycles. The number of halogens is 2. The summed E-state index contributed by atoms with van der Waals surface area (Å²) < 4.78 is 17.4. The fourth-order valence-electron chi connectivity index (χ4n) is 3.10. The second-order valence-electron chi connectivity index (χ2n) is 6.62. The molecule has 4 nitrogen and oxygen atoms in total. The lowest BCUT2D eigenvalue weighted by Gasteiger charge is -2.17. The standard InChI is InChI=1S/C24H25Cl2NO3/c1-3-29-23-10-6-8-18(15-27-14-17-7-4-5-9-22(17)28-2)24(23)30-16-19-11-12-20(25)13-21(19)26/h4-13,27H,3,14-16H2,1-2H3. The second-order valence-corrected chi connectivity index (χ2v) is 7.46. The van der Waals surface area contributed by atoms with Crippen LogP contribution in [0.5, 0.6) is 17.2 Å². The number of nitrogens with one attached hydrogen (secondary N) is 1. The molecule has 0 saturated heterocycles. The van der Waals surface area contributed by atoms with Gasteiger partial charge in [-0.25, -0.2) is 0 Å². The van der Waals surface area contributed by atoms with Crippen LogP contribution >= 0.6 is 23.2 Å². The number of para-hydroxylation sites is 2. The molecule has 30 heavy (non-hydrogen) atoms. The van der Waals surface area contributed by atoms with Crippen molar-refractivity contribution in [2.24, 2.45) is 0 Å². The van der Waals surface area contributed by atoms with Gasteiger partial charge in [0.05, 0.1) is 13.7 Å². The van der Waals surface area contributed by atoms with Crippen LogP contribution in [0.3, 0.4) is 0 Å². The molecule has 0 saturated carbocycles. The molecule has 158 valence electrons. The molecule has 3 aromatic carbocycles. The zero-order valence-corrected chi connectivity index (χ0v) is 18.6. The molecule has 0 heterocycles. The topological polar surface area (TPSA) is 39.7 Å². The highest BCUT2D eigenvalue weighted by molar-refractivity contribution is 6.35. The minimum atomic E-state index is 0.319. The summed E-state index contributed by atoms with van der Waals surface area (Å²) >= 11 is 12.3. The molecule has 0 atom stereocenters. The molecule has 3 rings (SSSR count). The maximum Gasteiger partial charge on any atom is 0.166 e. The minimum absolute atomic E-state index is 0.319. The first kappa shape index (κ1) is 22.3. The number of hydrogen-bond donors (Lipinski definition) is 1. The largest absolute Gasteiger partial charge is 0.496 e. The Morgan fingerprint density at radius 1 is 0.800 bits per heavy atom. The van der Waals surface area contributed by atoms with E-state index in [0.29, 0.717) is 47.8 Å². The van der Waals surface area contributed by atoms with Crippen LogP contribution in [-0.4, -0.2) is 13.7 Å². The highest BCUT2D eigenvalue weighted by atomic mass is 35.5. The Balaban J connectivity index is 1.74. The summed E-state index contributed by atoms with van der Waals surface area (Å²) in [5, 5.41) is 4.63. The molecule has 0 fully saturated rings. The first-order chi connectivity index (χ1) is 14.6. The van der Waals surface area contributed by atoms with E-state index in [9.17, 15) is 0 Å². The van der Waals surface area contributed by atoms with Crippen molar-refractivity contribution in [3.63, 3.8) is 0 Å². The predicted octanol–water partition coefficient (Wildman–Crippen LogP) is 6.27. The average molecular weight is 446 g/mol. The highest BCUT2D eigenvalue weighted by Crippen LogP contribution is 2.33. The van der Waals surface area contributed by atoms with Gasteiger partial charge in [-0.1, -0.05) is 59.6 Å². The monoisotopic (exact) mass is 445 g/mol. The van der Waals surface area contributed by atoms with Gasteiger partial charge in [-0.05, 0) is 31.2 Å². The summed E-state index contributed by atoms with van der Waals surface area (Å²) in [6.45, 7) is 4.11. The van der Waals surface area contributed by atoms with E-state index >= 15 is 0 Å². The van der Waals surface area contributed by atoms with E-state index in [0.717, 1.165) is 22.4 Å². The Labute approximate surface area is 187 Å². The Morgan fingerprint density at radius 2 is 1.53 bits per heavy atom. The van der Waals surface area contributed by atoms with Crippen LogP contribution in [-0.2, 0) is 19.7 Å². The van der Waals surface area contributed by atoms with Gasteiger partial charge < -0.3 is 19.5 Å². The highest BCUT2D eigenvalue weighted by Gasteiger charge is 2.13. The quantitative estimate of drug-likeness (QED) is 0.399. The van der Waals surface area contributed by atoms with E-state index in [1.54, 1.807) is 19.2 Å². The molecule has 6 heteroatoms. The van der Waals surface area contributed by atoms with Crippen molar-refractivity contribution >= 4 is 23.2 Å². The van der Waals surface area contributed by atoms with Gasteiger partial charge in [-0.2, -0.15) is 0 Å². The summed E-state index contributed by atoms with van der Waals surface area (Å²) in [7, 11) is 1.68. The summed E-state index contributed by atoms with van der Waals surface area (Å²) in [5.41, 5.74) is 2.96. The molecule has 0 unspecified atom stereocenters. The molecule has 0 radical (unpaired) electrons. The molecule has 0 spiro atoms. The van der Waals surface area contributed by atoms with Crippen molar-refractivity contribution in [2.75, 3.05) is 13.7 Å². The molecule has 0 aliphatic rings. The third kappa shape index (κ3) is 5.82. The van der Waals surface area contributed by atoms with Crippen LogP contribution in [0.4, 0.5) is 0 Å². The summed E-state index contributed by atoms with van der Waals surface area (Å²) in [6.07, 6.45) is 0. The number of hydrogen-bond acceptors (Lipinski definition) is 4. The normalized spacial score (nSPS) is 10.7. The van der Waals surface area contributed by atoms with Crippen LogP contribution in [0.2, 0.25) is 10.0 Å². The first-order valence-electron chi connectivity index (χ1n) is 9.76. The summed E-state index contributed by atoms with van der Waals surface area (Å²) in [6, 6.07) is 19.2. The van der Waals surface area contributed by atoms with Crippen molar-refractivity contribution in [1.29, 1.82) is 0 Å². The van der Waals surface area contributed by atoms with Crippen molar-refractivity contribution < 1.29 is 14.2 Å². The van der Waals surface area contributed by atoms with E-state index < -0.39 is 0 Å². The maximum atomic E-state index is 6.30. The third-order valence-electron chi connectivity index (χ3n) is 4.57. The Hall–Kier alpha value is -2.40. The lowest BCUT2D eigenvalue weighted by molar-refractivity contribution is 0.266. The Kier molecular flexibility index (Phi) is 8.26. The molecule has 1 N–H and O–H groups in total. The lowest BCUT2D eigenvalue weighted by atomic mass is 10.1. The number of ether oxygens (including phenoxy) is 3. The van der Waals surface area contributed by atoms with Crippen LogP contribution in [0.1, 0.15) is 23.6 Å². The molecule has 0 aliphatic carbocycles. The van der Waals surface area contributed by atoms with E-state index in [-0.39, 0.29) is 0 Å². The average Bonchev–Trinajstić information content (AvgIpc) is 2.75. The third-order valence-corrected chi connectivity index (χ3v) is 5.16. The van der Waals surface area contributed by atoms with Gasteiger partial charge in [0.1, 0.15) is 12.4 Å². The van der Waals surface area contributed by atoms with E-state index in [1.165, 1.54) is 0 Å². The van der Waals surface area contributed by atoms with Crippen LogP contribution in [0, 0.1) is 0 Å². The van der Waals surface area contributed by atoms with Crippen molar-refractivity contribution in [3.8, 4) is 17.2 Å². The number of benzene rings is 3. The van der Waals surface area contributed by atoms with Crippen LogP contribution in [0.25, 0.3) is 0 Å². The maximum absolute atomic E-state index is 6.30. The fourth-order valence-corrected chi connectivity index (χ4v) is 3.57. The fraction of sp³-hybridized carbons (Fsp3) is 0.250. The SMILES string of the molecule is CCOc1cccc(CNCc2ccccc2OC)c1OCc1ccc(Cl)cc1Cl. The molecule has 0 aliphatic heterocycles. The lowest BCUT2D eigenvalue weighted by Crippen LogP contribution is -2.15.